The Morgan fingerprint density at radius 1 is 0.903 bits per heavy atom. The van der Waals surface area contributed by atoms with Crippen molar-refractivity contribution in [3.63, 3.8) is 0 Å². The number of benzene rings is 3. The molecule has 4 heteroatoms. The zero-order valence-corrected chi connectivity index (χ0v) is 17.5. The average molecular weight is 408 g/mol. The van der Waals surface area contributed by atoms with Crippen LogP contribution < -0.4 is 5.32 Å². The predicted octanol–water partition coefficient (Wildman–Crippen LogP) is 6.18. The zero-order chi connectivity index (χ0) is 21.2. The molecule has 0 saturated carbocycles. The van der Waals surface area contributed by atoms with E-state index in [0.29, 0.717) is 6.54 Å². The van der Waals surface area contributed by atoms with Gasteiger partial charge < -0.3 is 14.8 Å². The topological polar surface area (TPSA) is 37.3 Å². The normalized spacial score (nSPS) is 15.0. The third-order valence-electron chi connectivity index (χ3n) is 5.95. The summed E-state index contributed by atoms with van der Waals surface area (Å²) in [6, 6.07) is 30.4. The highest BCUT2D eigenvalue weighted by atomic mass is 16.2. The number of nitrogens with one attached hydrogen (secondary N) is 1. The number of amides is 2. The van der Waals surface area contributed by atoms with Crippen molar-refractivity contribution in [2.75, 3.05) is 5.32 Å². The van der Waals surface area contributed by atoms with Crippen molar-refractivity contribution >= 4 is 11.7 Å². The molecule has 1 N–H and O–H groups in total. The monoisotopic (exact) mass is 407 g/mol. The van der Waals surface area contributed by atoms with Crippen molar-refractivity contribution in [1.29, 1.82) is 0 Å². The highest BCUT2D eigenvalue weighted by Gasteiger charge is 2.32. The largest absolute Gasteiger partial charge is 0.322 e. The van der Waals surface area contributed by atoms with Gasteiger partial charge in [-0.3, -0.25) is 0 Å². The maximum atomic E-state index is 13.6. The number of para-hydroxylation sites is 2. The minimum atomic E-state index is -0.197. The van der Waals surface area contributed by atoms with Gasteiger partial charge in [-0.1, -0.05) is 67.6 Å². The summed E-state index contributed by atoms with van der Waals surface area (Å²) in [5.41, 5.74) is 6.51. The summed E-state index contributed by atoms with van der Waals surface area (Å²) >= 11 is 0. The summed E-state index contributed by atoms with van der Waals surface area (Å²) < 4.78 is 2.21. The van der Waals surface area contributed by atoms with Crippen molar-refractivity contribution in [3.8, 4) is 5.69 Å². The standard InChI is InChI=1S/C27H25N3O/c1-2-20-14-16-21(17-15-20)26-25-13-8-18-29(25)24-12-7-6-9-22(24)19-30(26)27(31)28-23-10-4-3-5-11-23/h3-18,26H,2,19H2,1H3,(H,28,31). The summed E-state index contributed by atoms with van der Waals surface area (Å²) in [7, 11) is 0. The molecule has 1 aliphatic heterocycles. The summed E-state index contributed by atoms with van der Waals surface area (Å²) in [6.45, 7) is 2.68. The maximum Gasteiger partial charge on any atom is 0.322 e. The number of rotatable bonds is 3. The lowest BCUT2D eigenvalue weighted by molar-refractivity contribution is 0.194. The van der Waals surface area contributed by atoms with E-state index in [0.717, 1.165) is 34.6 Å². The van der Waals surface area contributed by atoms with E-state index in [4.69, 9.17) is 0 Å². The SMILES string of the molecule is CCc1ccc(C2c3cccn3-c3ccccc3CN2C(=O)Nc2ccccc2)cc1. The van der Waals surface area contributed by atoms with Gasteiger partial charge in [0.25, 0.3) is 0 Å². The Hall–Kier alpha value is -3.79. The third kappa shape index (κ3) is 3.61. The summed E-state index contributed by atoms with van der Waals surface area (Å²) in [5, 5.41) is 3.09. The molecule has 1 atom stereocenters. The van der Waals surface area contributed by atoms with Gasteiger partial charge in [-0.2, -0.15) is 0 Å². The fraction of sp³-hybridized carbons (Fsp3) is 0.148. The van der Waals surface area contributed by atoms with Gasteiger partial charge in [0.1, 0.15) is 0 Å². The lowest BCUT2D eigenvalue weighted by atomic mass is 10.00. The molecule has 2 amide bonds. The molecule has 0 fully saturated rings. The number of aromatic nitrogens is 1. The fourth-order valence-corrected chi connectivity index (χ4v) is 4.34. The number of nitrogens with zero attached hydrogens (tertiary/aromatic N) is 2. The molecule has 0 aliphatic carbocycles. The Morgan fingerprint density at radius 2 is 1.65 bits per heavy atom. The third-order valence-corrected chi connectivity index (χ3v) is 5.95. The van der Waals surface area contributed by atoms with Crippen LogP contribution in [0.4, 0.5) is 10.5 Å². The van der Waals surface area contributed by atoms with Gasteiger partial charge >= 0.3 is 6.03 Å². The van der Waals surface area contributed by atoms with E-state index in [1.54, 1.807) is 0 Å². The molecule has 154 valence electrons. The quantitative estimate of drug-likeness (QED) is 0.433. The minimum Gasteiger partial charge on any atom is -0.318 e. The molecular weight excluding hydrogens is 382 g/mol. The number of urea groups is 1. The highest BCUT2D eigenvalue weighted by Crippen LogP contribution is 2.37. The first-order valence-electron chi connectivity index (χ1n) is 10.7. The van der Waals surface area contributed by atoms with Crippen LogP contribution in [0.5, 0.6) is 0 Å². The summed E-state index contributed by atoms with van der Waals surface area (Å²) in [5.74, 6) is 0. The second-order valence-electron chi connectivity index (χ2n) is 7.85. The molecule has 3 aromatic carbocycles. The lowest BCUT2D eigenvalue weighted by Gasteiger charge is -2.31. The smallest absolute Gasteiger partial charge is 0.318 e. The number of anilines is 1. The van der Waals surface area contributed by atoms with Gasteiger partial charge in [-0.25, -0.2) is 4.79 Å². The van der Waals surface area contributed by atoms with Crippen LogP contribution in [-0.2, 0) is 13.0 Å². The van der Waals surface area contributed by atoms with Crippen molar-refractivity contribution in [2.45, 2.75) is 25.9 Å². The number of fused-ring (bicyclic) bond motifs is 3. The average Bonchev–Trinajstić information content (AvgIpc) is 3.24. The van der Waals surface area contributed by atoms with Crippen LogP contribution in [0.3, 0.4) is 0 Å². The van der Waals surface area contributed by atoms with Gasteiger partial charge in [0, 0.05) is 17.6 Å². The molecule has 4 aromatic rings. The Balaban J connectivity index is 1.63. The molecule has 2 heterocycles. The summed E-state index contributed by atoms with van der Waals surface area (Å²) in [4.78, 5) is 15.5. The van der Waals surface area contributed by atoms with Crippen molar-refractivity contribution in [2.24, 2.45) is 0 Å². The number of aryl methyl sites for hydroxylation is 1. The Kier molecular flexibility index (Phi) is 5.04. The molecule has 4 nitrogen and oxygen atoms in total. The van der Waals surface area contributed by atoms with E-state index in [-0.39, 0.29) is 12.1 Å². The minimum absolute atomic E-state index is 0.111. The van der Waals surface area contributed by atoms with Crippen molar-refractivity contribution < 1.29 is 4.79 Å². The van der Waals surface area contributed by atoms with Crippen LogP contribution >= 0.6 is 0 Å². The maximum absolute atomic E-state index is 13.6. The highest BCUT2D eigenvalue weighted by molar-refractivity contribution is 5.90. The molecule has 5 rings (SSSR count). The van der Waals surface area contributed by atoms with Crippen LogP contribution in [-0.4, -0.2) is 15.5 Å². The van der Waals surface area contributed by atoms with E-state index in [1.165, 1.54) is 5.56 Å². The second-order valence-corrected chi connectivity index (χ2v) is 7.85. The first-order valence-corrected chi connectivity index (χ1v) is 10.7. The number of carbonyl (C=O) groups excluding carboxylic acids is 1. The number of carbonyl (C=O) groups is 1. The molecule has 31 heavy (non-hydrogen) atoms. The van der Waals surface area contributed by atoms with Gasteiger partial charge in [-0.15, -0.1) is 0 Å². The Bertz CT molecular complexity index is 1190. The van der Waals surface area contributed by atoms with E-state index >= 15 is 0 Å². The molecule has 0 spiro atoms. The van der Waals surface area contributed by atoms with Gasteiger partial charge in [0.05, 0.1) is 18.3 Å². The second kappa shape index (κ2) is 8.15. The van der Waals surface area contributed by atoms with Gasteiger partial charge in [0.2, 0.25) is 0 Å². The van der Waals surface area contributed by atoms with Crippen LogP contribution in [0.25, 0.3) is 5.69 Å². The predicted molar refractivity (Wildman–Crippen MR) is 124 cm³/mol. The Morgan fingerprint density at radius 3 is 2.42 bits per heavy atom. The number of hydrogen-bond acceptors (Lipinski definition) is 1. The molecule has 1 aromatic heterocycles. The molecule has 1 unspecified atom stereocenters. The molecule has 0 radical (unpaired) electrons. The van der Waals surface area contributed by atoms with Crippen LogP contribution in [0.2, 0.25) is 0 Å². The lowest BCUT2D eigenvalue weighted by Crippen LogP contribution is -2.37. The molecule has 0 bridgehead atoms. The van der Waals surface area contributed by atoms with Crippen LogP contribution in [0, 0.1) is 0 Å². The van der Waals surface area contributed by atoms with E-state index in [9.17, 15) is 4.79 Å². The molecular formula is C27H25N3O. The summed E-state index contributed by atoms with van der Waals surface area (Å²) in [6.07, 6.45) is 3.07. The van der Waals surface area contributed by atoms with Gasteiger partial charge in [0.15, 0.2) is 0 Å². The van der Waals surface area contributed by atoms with Crippen molar-refractivity contribution in [1.82, 2.24) is 9.47 Å². The Labute approximate surface area is 182 Å². The molecule has 0 saturated heterocycles. The van der Waals surface area contributed by atoms with Crippen LogP contribution in [0.15, 0.2) is 97.2 Å². The fourth-order valence-electron chi connectivity index (χ4n) is 4.34. The molecule has 1 aliphatic rings. The van der Waals surface area contributed by atoms with E-state index in [1.807, 2.05) is 47.4 Å². The first kappa shape index (κ1) is 19.2. The van der Waals surface area contributed by atoms with Gasteiger partial charge in [-0.05, 0) is 53.4 Å². The first-order chi connectivity index (χ1) is 15.2. The van der Waals surface area contributed by atoms with E-state index in [2.05, 4.69) is 71.5 Å². The number of hydrogen-bond donors (Lipinski definition) is 1. The van der Waals surface area contributed by atoms with E-state index < -0.39 is 0 Å². The van der Waals surface area contributed by atoms with Crippen molar-refractivity contribution in [3.05, 3.63) is 120 Å². The zero-order valence-electron chi connectivity index (χ0n) is 17.5. The van der Waals surface area contributed by atoms with Crippen LogP contribution in [0.1, 0.15) is 35.3 Å².